The number of aliphatic hydroxyl groups excluding tert-OH is 17. The average molecular weight is 705 g/mol. The zero-order valence-electron chi connectivity index (χ0n) is 28.3. The van der Waals surface area contributed by atoms with Gasteiger partial charge in [0.1, 0.15) is 0 Å². The third kappa shape index (κ3) is 26.8. The molecule has 17 N–H and O–H groups in total. The molecule has 18 heteroatoms. The Balaban J connectivity index is -0.000000167. The summed E-state index contributed by atoms with van der Waals surface area (Å²) in [6.45, 7) is 0.423. The van der Waals surface area contributed by atoms with E-state index < -0.39 is 87.7 Å². The van der Waals surface area contributed by atoms with Crippen molar-refractivity contribution in [1.82, 2.24) is 0 Å². The second-order valence-corrected chi connectivity index (χ2v) is 12.0. The van der Waals surface area contributed by atoms with Crippen LogP contribution in [0.3, 0.4) is 0 Å². The first kappa shape index (κ1) is 55.7. The zero-order chi connectivity index (χ0) is 38.0. The van der Waals surface area contributed by atoms with Crippen LogP contribution in [0.2, 0.25) is 0 Å². The molecule has 0 saturated heterocycles. The van der Waals surface area contributed by atoms with E-state index in [2.05, 4.69) is 6.92 Å². The molecule has 47 heavy (non-hydrogen) atoms. The van der Waals surface area contributed by atoms with E-state index in [-0.39, 0.29) is 58.8 Å². The molecule has 0 aromatic carbocycles. The van der Waals surface area contributed by atoms with Crippen molar-refractivity contribution in [3.8, 4) is 0 Å². The topological polar surface area (TPSA) is 353 Å². The Labute approximate surface area is 278 Å². The fourth-order valence-corrected chi connectivity index (χ4v) is 1.81. The number of rotatable bonds is 22. The van der Waals surface area contributed by atoms with Crippen LogP contribution in [0.25, 0.3) is 0 Å². The van der Waals surface area contributed by atoms with E-state index in [0.717, 1.165) is 6.42 Å². The molecule has 1 atom stereocenters. The highest BCUT2D eigenvalue weighted by molar-refractivity contribution is 4.80. The van der Waals surface area contributed by atoms with Crippen LogP contribution in [0, 0.1) is 33.5 Å². The molecule has 0 rings (SSSR count). The Bertz CT molecular complexity index is 524. The summed E-state index contributed by atoms with van der Waals surface area (Å²) < 4.78 is 5.15. The highest BCUT2D eigenvalue weighted by Crippen LogP contribution is 2.20. The van der Waals surface area contributed by atoms with E-state index >= 15 is 0 Å². The summed E-state index contributed by atoms with van der Waals surface area (Å²) in [5, 5.41) is 147. The van der Waals surface area contributed by atoms with Gasteiger partial charge in [-0.25, -0.2) is 0 Å². The maximum atomic E-state index is 9.03. The molecule has 0 bridgehead atoms. The van der Waals surface area contributed by atoms with Crippen molar-refractivity contribution in [3.05, 3.63) is 0 Å². The van der Waals surface area contributed by atoms with Crippen LogP contribution in [0.15, 0.2) is 0 Å². The van der Waals surface area contributed by atoms with Crippen LogP contribution in [0.4, 0.5) is 0 Å². The summed E-state index contributed by atoms with van der Waals surface area (Å²) in [5.74, 6) is 0.144. The lowest BCUT2D eigenvalue weighted by molar-refractivity contribution is -0.103. The van der Waals surface area contributed by atoms with Gasteiger partial charge in [-0.3, -0.25) is 0 Å². The van der Waals surface area contributed by atoms with Crippen LogP contribution in [-0.2, 0) is 4.74 Å². The lowest BCUT2D eigenvalue weighted by Crippen LogP contribution is -2.43. The lowest BCUT2D eigenvalue weighted by atomic mass is 9.91. The Morgan fingerprint density at radius 1 is 0.404 bits per heavy atom. The van der Waals surface area contributed by atoms with E-state index in [1.807, 2.05) is 6.92 Å². The van der Waals surface area contributed by atoms with Crippen molar-refractivity contribution in [2.75, 3.05) is 126 Å². The van der Waals surface area contributed by atoms with Gasteiger partial charge in [-0.2, -0.15) is 0 Å². The van der Waals surface area contributed by atoms with Crippen LogP contribution < -0.4 is 0 Å². The van der Waals surface area contributed by atoms with Gasteiger partial charge in [-0.1, -0.05) is 27.2 Å². The predicted molar refractivity (Wildman–Crippen MR) is 170 cm³/mol. The first-order valence-corrected chi connectivity index (χ1v) is 15.1. The summed E-state index contributed by atoms with van der Waals surface area (Å²) in [4.78, 5) is 0. The summed E-state index contributed by atoms with van der Waals surface area (Å²) >= 11 is 0. The molecule has 0 aliphatic heterocycles. The van der Waals surface area contributed by atoms with E-state index in [1.165, 1.54) is 0 Å². The summed E-state index contributed by atoms with van der Waals surface area (Å²) in [5.41, 5.74) is -4.14. The van der Waals surface area contributed by atoms with E-state index in [9.17, 15) is 0 Å². The van der Waals surface area contributed by atoms with Crippen molar-refractivity contribution in [2.24, 2.45) is 33.5 Å². The second kappa shape index (κ2) is 35.1. The van der Waals surface area contributed by atoms with Gasteiger partial charge >= 0.3 is 0 Å². The molecule has 0 radical (unpaired) electrons. The van der Waals surface area contributed by atoms with Crippen molar-refractivity contribution in [2.45, 2.75) is 27.2 Å². The number of aliphatic hydroxyl groups is 17. The molecule has 18 nitrogen and oxygen atoms in total. The average Bonchev–Trinajstić information content (AvgIpc) is 3.14. The molecule has 1 unspecified atom stereocenters. The fraction of sp³-hybridized carbons (Fsp3) is 1.00. The molecule has 0 aliphatic rings. The molecule has 0 spiro atoms. The van der Waals surface area contributed by atoms with Crippen molar-refractivity contribution in [1.29, 1.82) is 0 Å². The zero-order valence-corrected chi connectivity index (χ0v) is 28.3. The number of hydrogen-bond acceptors (Lipinski definition) is 18. The molecule has 0 saturated carbocycles. The number of hydrogen-bond donors (Lipinski definition) is 17. The largest absolute Gasteiger partial charge is 0.396 e. The van der Waals surface area contributed by atoms with Gasteiger partial charge in [0.2, 0.25) is 0 Å². The van der Waals surface area contributed by atoms with Gasteiger partial charge in [0.05, 0.1) is 135 Å². The molecule has 0 heterocycles. The molecule has 292 valence electrons. The standard InChI is InChI=1S/C10H22O7.C5H12O4.C5H12O3.C5H12O.C4H10O3/c11-1-9(2-12,3-13)7-17-8-10(4-14,5-15)6-16;6-1-5(2-7,3-8)4-9;1-5(2-6,3-7)4-8;1-3-5(2)4-6;5-1-4(2-6)3-7/h11-16H,1-8H2;6-9H,1-4H2;6-8H,2-4H2,1H3;5-6H,3-4H2,1-2H3;4-7H,1-3H2. The van der Waals surface area contributed by atoms with Crippen molar-refractivity contribution in [3.63, 3.8) is 0 Å². The van der Waals surface area contributed by atoms with Crippen LogP contribution >= 0.6 is 0 Å². The third-order valence-corrected chi connectivity index (χ3v) is 7.10. The predicted octanol–water partition coefficient (Wildman–Crippen LogP) is -6.55. The normalized spacial score (nSPS) is 12.4. The molecule has 0 aromatic rings. The first-order chi connectivity index (χ1) is 22.1. The molecular formula is C29H68O18. The van der Waals surface area contributed by atoms with Gasteiger partial charge < -0.3 is 91.5 Å². The van der Waals surface area contributed by atoms with Crippen LogP contribution in [-0.4, -0.2) is 212 Å². The van der Waals surface area contributed by atoms with Gasteiger partial charge in [-0.15, -0.1) is 0 Å². The van der Waals surface area contributed by atoms with E-state index in [0.29, 0.717) is 12.5 Å². The first-order valence-electron chi connectivity index (χ1n) is 15.1. The minimum absolute atomic E-state index is 0.141. The van der Waals surface area contributed by atoms with Gasteiger partial charge in [0.25, 0.3) is 0 Å². The maximum absolute atomic E-state index is 9.03. The third-order valence-electron chi connectivity index (χ3n) is 7.10. The Hall–Kier alpha value is -0.720. The minimum atomic E-state index is -1.16. The Kier molecular flexibility index (Phi) is 41.6. The highest BCUT2D eigenvalue weighted by atomic mass is 16.5. The second-order valence-electron chi connectivity index (χ2n) is 12.0. The summed E-state index contributed by atoms with van der Waals surface area (Å²) in [6, 6.07) is 0. The van der Waals surface area contributed by atoms with E-state index in [1.54, 1.807) is 6.92 Å². The lowest BCUT2D eigenvalue weighted by Gasteiger charge is -2.31. The van der Waals surface area contributed by atoms with Crippen molar-refractivity contribution < 1.29 is 91.5 Å². The molecule has 0 aliphatic carbocycles. The van der Waals surface area contributed by atoms with Crippen molar-refractivity contribution >= 4 is 0 Å². The van der Waals surface area contributed by atoms with E-state index in [4.69, 9.17) is 91.5 Å². The summed E-state index contributed by atoms with van der Waals surface area (Å²) in [6.07, 6.45) is 1.08. The van der Waals surface area contributed by atoms with Crippen LogP contribution in [0.1, 0.15) is 27.2 Å². The van der Waals surface area contributed by atoms with Gasteiger partial charge in [0.15, 0.2) is 0 Å². The molecule has 0 amide bonds. The minimum Gasteiger partial charge on any atom is -0.396 e. The molecule has 0 aromatic heterocycles. The van der Waals surface area contributed by atoms with Crippen LogP contribution in [0.5, 0.6) is 0 Å². The smallest absolute Gasteiger partial charge is 0.0629 e. The quantitative estimate of drug-likeness (QED) is 0.0498. The highest BCUT2D eigenvalue weighted by Gasteiger charge is 2.33. The maximum Gasteiger partial charge on any atom is 0.0629 e. The monoisotopic (exact) mass is 704 g/mol. The molecular weight excluding hydrogens is 636 g/mol. The number of ether oxygens (including phenoxy) is 1. The van der Waals surface area contributed by atoms with Gasteiger partial charge in [0, 0.05) is 17.9 Å². The summed E-state index contributed by atoms with van der Waals surface area (Å²) in [7, 11) is 0. The van der Waals surface area contributed by atoms with Gasteiger partial charge in [-0.05, 0) is 5.92 Å². The Morgan fingerprint density at radius 3 is 0.723 bits per heavy atom. The SMILES string of the molecule is CC(CO)(CO)CO.CCC(C)CO.OCC(CO)(CO)CO.OCC(CO)(CO)COCC(CO)(CO)CO.OCC(CO)CO. The molecule has 0 fully saturated rings. The fourth-order valence-electron chi connectivity index (χ4n) is 1.81. The Morgan fingerprint density at radius 2 is 0.660 bits per heavy atom.